The monoisotopic (exact) mass is 542 g/mol. The van der Waals surface area contributed by atoms with E-state index in [1.807, 2.05) is 0 Å². The highest BCUT2D eigenvalue weighted by Gasteiger charge is 2.57. The molecule has 0 aromatic carbocycles. The highest BCUT2D eigenvalue weighted by atomic mass is 79.9. The molecule has 31 heavy (non-hydrogen) atoms. The Bertz CT molecular complexity index is 558. The fraction of sp³-hybridized carbons (Fsp3) is 0.812. The number of halogens is 9. The van der Waals surface area contributed by atoms with Crippen LogP contribution in [-0.4, -0.2) is 71.7 Å². The Labute approximate surface area is 181 Å². The summed E-state index contributed by atoms with van der Waals surface area (Å²) in [6.45, 7) is 4.49. The van der Waals surface area contributed by atoms with E-state index >= 15 is 0 Å². The lowest BCUT2D eigenvalue weighted by Gasteiger charge is -2.30. The molecular formula is C16H23BrF8O6. The average molecular weight is 543 g/mol. The average Bonchev–Trinajstić information content (AvgIpc) is 2.62. The van der Waals surface area contributed by atoms with Gasteiger partial charge in [0.25, 0.3) is 0 Å². The van der Waals surface area contributed by atoms with Gasteiger partial charge in [0, 0.05) is 6.92 Å². The normalized spacial score (nSPS) is 13.3. The van der Waals surface area contributed by atoms with Crippen LogP contribution in [-0.2, 0) is 23.9 Å². The van der Waals surface area contributed by atoms with Crippen LogP contribution in [0.2, 0.25) is 0 Å². The van der Waals surface area contributed by atoms with Gasteiger partial charge in [0.1, 0.15) is 10.9 Å². The zero-order valence-corrected chi connectivity index (χ0v) is 18.5. The van der Waals surface area contributed by atoms with Crippen LogP contribution in [0.3, 0.4) is 0 Å². The summed E-state index contributed by atoms with van der Waals surface area (Å²) >= 11 is 2.94. The van der Waals surface area contributed by atoms with Gasteiger partial charge in [-0.15, -0.1) is 0 Å². The van der Waals surface area contributed by atoms with E-state index in [1.54, 1.807) is 6.92 Å². The third kappa shape index (κ3) is 13.5. The fourth-order valence-corrected chi connectivity index (χ4v) is 1.36. The van der Waals surface area contributed by atoms with Gasteiger partial charge in [-0.2, -0.15) is 17.6 Å². The zero-order chi connectivity index (χ0) is 25.6. The second-order valence-corrected chi connectivity index (χ2v) is 6.16. The van der Waals surface area contributed by atoms with Crippen LogP contribution < -0.4 is 0 Å². The van der Waals surface area contributed by atoms with E-state index in [0.717, 1.165) is 0 Å². The molecule has 0 amide bonds. The number of alkyl halides is 9. The maximum Gasteiger partial charge on any atom is 0.364 e. The summed E-state index contributed by atoms with van der Waals surface area (Å²) in [7, 11) is 0. The Morgan fingerprint density at radius 3 is 1.48 bits per heavy atom. The molecule has 0 rings (SSSR count). The second-order valence-electron chi connectivity index (χ2n) is 5.60. The number of ketones is 1. The fourth-order valence-electron chi connectivity index (χ4n) is 1.20. The molecule has 186 valence electrons. The highest BCUT2D eigenvalue weighted by molar-refractivity contribution is 9.09. The molecule has 0 aromatic heterocycles. The van der Waals surface area contributed by atoms with Crippen molar-refractivity contribution in [1.82, 2.24) is 0 Å². The lowest BCUT2D eigenvalue weighted by atomic mass is 9.94. The number of aliphatic hydroxyl groups is 1. The molecule has 0 aliphatic rings. The number of carbonyl (C=O) groups is 3. The molecule has 0 bridgehead atoms. The predicted octanol–water partition coefficient (Wildman–Crippen LogP) is 4.01. The van der Waals surface area contributed by atoms with E-state index in [2.05, 4.69) is 25.4 Å². The van der Waals surface area contributed by atoms with Gasteiger partial charge in [0.2, 0.25) is 5.78 Å². The number of rotatable bonds is 9. The Morgan fingerprint density at radius 1 is 0.903 bits per heavy atom. The number of hydrogen-bond acceptors (Lipinski definition) is 6. The summed E-state index contributed by atoms with van der Waals surface area (Å²) in [6.07, 6.45) is -9.12. The molecule has 0 heterocycles. The number of Topliss-reactive ketones (excluding diaryl/α,β-unsaturated/α-hetero) is 1. The molecule has 1 N–H and O–H groups in total. The van der Waals surface area contributed by atoms with Crippen molar-refractivity contribution in [2.45, 2.75) is 64.4 Å². The SMILES string of the molecule is CC(=O)C(F)(F)C(F)F.CCOC(=O)CBr.CCOC(=O)CC(C)(O)C(F)(F)C(F)F. The lowest BCUT2D eigenvalue weighted by molar-refractivity contribution is -0.239. The van der Waals surface area contributed by atoms with Gasteiger partial charge in [-0.1, -0.05) is 15.9 Å². The number of carbonyl (C=O) groups excluding carboxylic acids is 3. The topological polar surface area (TPSA) is 89.9 Å². The van der Waals surface area contributed by atoms with Crippen molar-refractivity contribution in [3.63, 3.8) is 0 Å². The molecule has 0 fully saturated rings. The van der Waals surface area contributed by atoms with Crippen molar-refractivity contribution in [2.75, 3.05) is 18.5 Å². The van der Waals surface area contributed by atoms with Crippen LogP contribution in [0.5, 0.6) is 0 Å². The number of ether oxygens (including phenoxy) is 2. The van der Waals surface area contributed by atoms with Crippen LogP contribution >= 0.6 is 15.9 Å². The van der Waals surface area contributed by atoms with Crippen molar-refractivity contribution >= 4 is 33.7 Å². The largest absolute Gasteiger partial charge is 0.466 e. The first kappa shape index (κ1) is 34.1. The van der Waals surface area contributed by atoms with E-state index in [1.165, 1.54) is 6.92 Å². The Hall–Kier alpha value is -1.51. The number of esters is 2. The Morgan fingerprint density at radius 2 is 1.29 bits per heavy atom. The number of hydrogen-bond donors (Lipinski definition) is 1. The Balaban J connectivity index is -0.000000417. The molecule has 15 heteroatoms. The second kappa shape index (κ2) is 15.3. The minimum atomic E-state index is -4.65. The van der Waals surface area contributed by atoms with Gasteiger partial charge in [0.05, 0.1) is 19.6 Å². The van der Waals surface area contributed by atoms with E-state index in [9.17, 15) is 49.5 Å². The van der Waals surface area contributed by atoms with Gasteiger partial charge < -0.3 is 14.6 Å². The minimum Gasteiger partial charge on any atom is -0.466 e. The first-order chi connectivity index (χ1) is 13.8. The molecule has 0 spiro atoms. The van der Waals surface area contributed by atoms with Crippen LogP contribution in [0, 0.1) is 0 Å². The van der Waals surface area contributed by atoms with Crippen molar-refractivity contribution in [2.24, 2.45) is 0 Å². The van der Waals surface area contributed by atoms with Crippen LogP contribution in [0.4, 0.5) is 35.1 Å². The summed E-state index contributed by atoms with van der Waals surface area (Å²) in [5, 5.41) is 9.37. The summed E-state index contributed by atoms with van der Waals surface area (Å²) < 4.78 is 103. The lowest BCUT2D eigenvalue weighted by Crippen LogP contribution is -2.51. The quantitative estimate of drug-likeness (QED) is 0.269. The molecule has 1 unspecified atom stereocenters. The molecule has 1 atom stereocenters. The summed E-state index contributed by atoms with van der Waals surface area (Å²) in [6, 6.07) is 0. The third-order valence-electron chi connectivity index (χ3n) is 2.94. The standard InChI is InChI=1S/C8H12F4O3.C4H7BrO2.C4H4F4O/c1-3-15-5(13)4-7(2,14)8(11,12)6(9)10;1-2-7-4(6)3-5;1-2(9)4(7,8)3(5)6/h6,14H,3-4H2,1-2H3;2-3H2,1H3;3H,1H3. The maximum absolute atomic E-state index is 12.7. The van der Waals surface area contributed by atoms with E-state index in [-0.39, 0.29) is 12.6 Å². The first-order valence-corrected chi connectivity index (χ1v) is 9.39. The first-order valence-electron chi connectivity index (χ1n) is 8.27. The minimum absolute atomic E-state index is 0.0742. The summed E-state index contributed by atoms with van der Waals surface area (Å²) in [5.74, 6) is -12.3. The van der Waals surface area contributed by atoms with Crippen LogP contribution in [0.1, 0.15) is 34.1 Å². The molecule has 0 aromatic rings. The molecule has 0 radical (unpaired) electrons. The van der Waals surface area contributed by atoms with Gasteiger partial charge in [-0.25, -0.2) is 17.6 Å². The van der Waals surface area contributed by atoms with Gasteiger partial charge in [-0.3, -0.25) is 14.4 Å². The van der Waals surface area contributed by atoms with E-state index in [0.29, 0.717) is 25.8 Å². The van der Waals surface area contributed by atoms with Crippen molar-refractivity contribution < 1.29 is 64.1 Å². The van der Waals surface area contributed by atoms with Crippen molar-refractivity contribution in [1.29, 1.82) is 0 Å². The molecule has 6 nitrogen and oxygen atoms in total. The molecule has 0 aliphatic heterocycles. The Kier molecular flexibility index (Phi) is 16.9. The molecular weight excluding hydrogens is 520 g/mol. The van der Waals surface area contributed by atoms with E-state index in [4.69, 9.17) is 5.11 Å². The van der Waals surface area contributed by atoms with Gasteiger partial charge in [-0.05, 0) is 20.8 Å². The van der Waals surface area contributed by atoms with Crippen molar-refractivity contribution in [3.8, 4) is 0 Å². The highest BCUT2D eigenvalue weighted by Crippen LogP contribution is 2.36. The molecule has 0 saturated carbocycles. The third-order valence-corrected chi connectivity index (χ3v) is 3.40. The summed E-state index contributed by atoms with van der Waals surface area (Å²) in [4.78, 5) is 30.6. The predicted molar refractivity (Wildman–Crippen MR) is 94.9 cm³/mol. The van der Waals surface area contributed by atoms with Gasteiger partial charge >= 0.3 is 36.6 Å². The van der Waals surface area contributed by atoms with Crippen molar-refractivity contribution in [3.05, 3.63) is 0 Å². The summed E-state index contributed by atoms with van der Waals surface area (Å²) in [5.41, 5.74) is -3.12. The van der Waals surface area contributed by atoms with Gasteiger partial charge in [0.15, 0.2) is 0 Å². The smallest absolute Gasteiger partial charge is 0.364 e. The van der Waals surface area contributed by atoms with Crippen LogP contribution in [0.15, 0.2) is 0 Å². The molecule has 0 saturated heterocycles. The van der Waals surface area contributed by atoms with Crippen LogP contribution in [0.25, 0.3) is 0 Å². The van der Waals surface area contributed by atoms with E-state index < -0.39 is 48.5 Å². The zero-order valence-electron chi connectivity index (χ0n) is 16.9. The maximum atomic E-state index is 12.7. The molecule has 0 aliphatic carbocycles.